The van der Waals surface area contributed by atoms with Gasteiger partial charge in [-0.25, -0.2) is 4.79 Å². The highest BCUT2D eigenvalue weighted by Crippen LogP contribution is 2.26. The van der Waals surface area contributed by atoms with E-state index in [1.807, 2.05) is 18.2 Å². The van der Waals surface area contributed by atoms with Crippen molar-refractivity contribution in [3.63, 3.8) is 0 Å². The molecule has 3 aromatic rings. The van der Waals surface area contributed by atoms with Crippen LogP contribution in [0.25, 0.3) is 0 Å². The highest BCUT2D eigenvalue weighted by molar-refractivity contribution is 5.48. The van der Waals surface area contributed by atoms with Gasteiger partial charge in [0.05, 0.1) is 17.2 Å². The molecule has 1 saturated heterocycles. The molecule has 0 aliphatic carbocycles. The fraction of sp³-hybridized carbons (Fsp3) is 0.320. The second kappa shape index (κ2) is 9.05. The first-order chi connectivity index (χ1) is 15.0. The Morgan fingerprint density at radius 3 is 2.32 bits per heavy atom. The van der Waals surface area contributed by atoms with Gasteiger partial charge >= 0.3 is 5.69 Å². The molecule has 2 heterocycles. The Labute approximate surface area is 181 Å². The van der Waals surface area contributed by atoms with E-state index >= 15 is 0 Å². The molecule has 6 heteroatoms. The molecule has 31 heavy (non-hydrogen) atoms. The average molecular weight is 415 g/mol. The van der Waals surface area contributed by atoms with E-state index in [1.165, 1.54) is 12.6 Å². The lowest BCUT2D eigenvalue weighted by molar-refractivity contribution is 0.401. The molecule has 1 fully saturated rings. The Bertz CT molecular complexity index is 1200. The lowest BCUT2D eigenvalue weighted by Gasteiger charge is -2.34. The zero-order valence-electron chi connectivity index (χ0n) is 17.7. The van der Waals surface area contributed by atoms with Crippen LogP contribution in [0.1, 0.15) is 35.1 Å². The van der Waals surface area contributed by atoms with Gasteiger partial charge in [-0.15, -0.1) is 0 Å². The standard InChI is InChI=1S/C25H26N4O2/c1-28-24(30)22(16-19-7-9-21(17-26)10-8-19)23(27-25(28)31)29-13-11-20(12-14-29)15-18-5-3-2-4-6-18/h2-10,20H,11-16H2,1H3,(H,27,31). The fourth-order valence-corrected chi connectivity index (χ4v) is 4.30. The van der Waals surface area contributed by atoms with Gasteiger partial charge in [0.15, 0.2) is 0 Å². The van der Waals surface area contributed by atoms with Crippen molar-refractivity contribution < 1.29 is 0 Å². The first-order valence-corrected chi connectivity index (χ1v) is 10.6. The number of H-pyrrole nitrogens is 1. The van der Waals surface area contributed by atoms with Crippen molar-refractivity contribution in [3.05, 3.63) is 97.7 Å². The predicted octanol–water partition coefficient (Wildman–Crippen LogP) is 3.00. The predicted molar refractivity (Wildman–Crippen MR) is 121 cm³/mol. The summed E-state index contributed by atoms with van der Waals surface area (Å²) in [6.07, 6.45) is 3.50. The summed E-state index contributed by atoms with van der Waals surface area (Å²) in [4.78, 5) is 30.4. The molecule has 4 rings (SSSR count). The third kappa shape index (κ3) is 4.61. The molecule has 0 spiro atoms. The topological polar surface area (TPSA) is 81.9 Å². The Kier molecular flexibility index (Phi) is 6.03. The molecule has 1 N–H and O–H groups in total. The number of rotatable bonds is 5. The summed E-state index contributed by atoms with van der Waals surface area (Å²) in [5.74, 6) is 1.23. The van der Waals surface area contributed by atoms with E-state index in [4.69, 9.17) is 5.26 Å². The summed E-state index contributed by atoms with van der Waals surface area (Å²) in [5.41, 5.74) is 2.80. The smallest absolute Gasteiger partial charge is 0.329 e. The van der Waals surface area contributed by atoms with Crippen LogP contribution in [0.3, 0.4) is 0 Å². The van der Waals surface area contributed by atoms with Crippen LogP contribution in [0, 0.1) is 17.2 Å². The minimum atomic E-state index is -0.394. The third-order valence-electron chi connectivity index (χ3n) is 6.14. The van der Waals surface area contributed by atoms with Crippen LogP contribution in [-0.2, 0) is 19.9 Å². The first kappa shape index (κ1) is 20.7. The third-order valence-corrected chi connectivity index (χ3v) is 6.14. The number of aromatic nitrogens is 2. The van der Waals surface area contributed by atoms with Crippen LogP contribution in [0.15, 0.2) is 64.2 Å². The van der Waals surface area contributed by atoms with E-state index in [0.717, 1.165) is 42.5 Å². The molecule has 2 aromatic carbocycles. The number of nitrogens with zero attached hydrogens (tertiary/aromatic N) is 3. The SMILES string of the molecule is Cn1c(=O)[nH]c(N2CCC(Cc3ccccc3)CC2)c(Cc2ccc(C#N)cc2)c1=O. The van der Waals surface area contributed by atoms with Gasteiger partial charge in [-0.1, -0.05) is 42.5 Å². The number of hydrogen-bond donors (Lipinski definition) is 1. The van der Waals surface area contributed by atoms with Crippen molar-refractivity contribution in [1.82, 2.24) is 9.55 Å². The quantitative estimate of drug-likeness (QED) is 0.696. The van der Waals surface area contributed by atoms with Crippen molar-refractivity contribution in [1.29, 1.82) is 5.26 Å². The second-order valence-electron chi connectivity index (χ2n) is 8.23. The molecule has 0 atom stereocenters. The van der Waals surface area contributed by atoms with E-state index in [0.29, 0.717) is 29.3 Å². The molecule has 1 aromatic heterocycles. The zero-order valence-corrected chi connectivity index (χ0v) is 17.7. The molecule has 0 unspecified atom stereocenters. The Morgan fingerprint density at radius 1 is 1.00 bits per heavy atom. The maximum absolute atomic E-state index is 12.9. The van der Waals surface area contributed by atoms with E-state index < -0.39 is 5.69 Å². The monoisotopic (exact) mass is 414 g/mol. The highest BCUT2D eigenvalue weighted by atomic mass is 16.2. The van der Waals surface area contributed by atoms with Gasteiger partial charge in [0.1, 0.15) is 5.82 Å². The van der Waals surface area contributed by atoms with Gasteiger partial charge in [0.25, 0.3) is 5.56 Å². The number of nitriles is 1. The Balaban J connectivity index is 1.56. The fourth-order valence-electron chi connectivity index (χ4n) is 4.30. The van der Waals surface area contributed by atoms with Crippen LogP contribution in [0.5, 0.6) is 0 Å². The van der Waals surface area contributed by atoms with Crippen LogP contribution in [0.4, 0.5) is 5.82 Å². The summed E-state index contributed by atoms with van der Waals surface area (Å²) < 4.78 is 1.13. The molecule has 0 saturated carbocycles. The number of aromatic amines is 1. The molecule has 6 nitrogen and oxygen atoms in total. The van der Waals surface area contributed by atoms with Gasteiger partial charge in [-0.05, 0) is 48.4 Å². The average Bonchev–Trinajstić information content (AvgIpc) is 2.81. The van der Waals surface area contributed by atoms with Crippen molar-refractivity contribution in [3.8, 4) is 6.07 Å². The molecule has 0 amide bonds. The molecular formula is C25H26N4O2. The van der Waals surface area contributed by atoms with Crippen LogP contribution >= 0.6 is 0 Å². The van der Waals surface area contributed by atoms with Crippen molar-refractivity contribution in [2.75, 3.05) is 18.0 Å². The number of hydrogen-bond acceptors (Lipinski definition) is 4. The summed E-state index contributed by atoms with van der Waals surface area (Å²) in [5, 5.41) is 9.01. The van der Waals surface area contributed by atoms with E-state index in [-0.39, 0.29) is 5.56 Å². The molecule has 0 radical (unpaired) electrons. The van der Waals surface area contributed by atoms with E-state index in [2.05, 4.69) is 40.2 Å². The van der Waals surface area contributed by atoms with Gasteiger partial charge in [-0.3, -0.25) is 14.3 Å². The molecule has 1 aliphatic heterocycles. The Morgan fingerprint density at radius 2 is 1.68 bits per heavy atom. The van der Waals surface area contributed by atoms with Gasteiger partial charge < -0.3 is 4.90 Å². The lowest BCUT2D eigenvalue weighted by Crippen LogP contribution is -2.42. The van der Waals surface area contributed by atoms with E-state index in [1.54, 1.807) is 12.1 Å². The zero-order chi connectivity index (χ0) is 21.8. The van der Waals surface area contributed by atoms with Crippen molar-refractivity contribution in [2.45, 2.75) is 25.7 Å². The van der Waals surface area contributed by atoms with Crippen LogP contribution < -0.4 is 16.1 Å². The number of anilines is 1. The highest BCUT2D eigenvalue weighted by Gasteiger charge is 2.24. The lowest BCUT2D eigenvalue weighted by atomic mass is 9.90. The number of piperidine rings is 1. The minimum Gasteiger partial charge on any atom is -0.358 e. The molecular weight excluding hydrogens is 388 g/mol. The summed E-state index contributed by atoms with van der Waals surface area (Å²) in [6.45, 7) is 1.61. The summed E-state index contributed by atoms with van der Waals surface area (Å²) in [7, 11) is 1.50. The number of nitrogens with one attached hydrogen (secondary N) is 1. The van der Waals surface area contributed by atoms with Crippen LogP contribution in [0.2, 0.25) is 0 Å². The van der Waals surface area contributed by atoms with Gasteiger partial charge in [-0.2, -0.15) is 5.26 Å². The maximum atomic E-state index is 12.9. The van der Waals surface area contributed by atoms with Crippen molar-refractivity contribution in [2.24, 2.45) is 13.0 Å². The number of benzene rings is 2. The maximum Gasteiger partial charge on any atom is 0.329 e. The molecule has 1 aliphatic rings. The largest absolute Gasteiger partial charge is 0.358 e. The summed E-state index contributed by atoms with van der Waals surface area (Å²) >= 11 is 0. The minimum absolute atomic E-state index is 0.269. The van der Waals surface area contributed by atoms with E-state index in [9.17, 15) is 9.59 Å². The molecule has 0 bridgehead atoms. The first-order valence-electron chi connectivity index (χ1n) is 10.6. The molecule has 158 valence electrons. The normalized spacial score (nSPS) is 14.4. The van der Waals surface area contributed by atoms with Gasteiger partial charge in [0, 0.05) is 26.6 Å². The summed E-state index contributed by atoms with van der Waals surface area (Å²) in [6, 6.07) is 19.8. The van der Waals surface area contributed by atoms with Crippen LogP contribution in [-0.4, -0.2) is 22.6 Å². The second-order valence-corrected chi connectivity index (χ2v) is 8.23. The van der Waals surface area contributed by atoms with Crippen molar-refractivity contribution >= 4 is 5.82 Å². The Hall–Kier alpha value is -3.59. The van der Waals surface area contributed by atoms with Gasteiger partial charge in [0.2, 0.25) is 0 Å².